The Kier molecular flexibility index (Phi) is 27.5. The van der Waals surface area contributed by atoms with Crippen molar-refractivity contribution >= 4 is 51.7 Å². The molecular formula is C34H60N4O14S. The lowest BCUT2D eigenvalue weighted by Crippen LogP contribution is -2.54. The Morgan fingerprint density at radius 2 is 0.925 bits per heavy atom. The fourth-order valence-electron chi connectivity index (χ4n) is 5.43. The van der Waals surface area contributed by atoms with Gasteiger partial charge in [0.05, 0.1) is 0 Å². The molecule has 0 fully saturated rings. The van der Waals surface area contributed by atoms with Crippen LogP contribution in [0.5, 0.6) is 0 Å². The Balaban J connectivity index is 4.58. The van der Waals surface area contributed by atoms with Gasteiger partial charge < -0.3 is 41.7 Å². The minimum absolute atomic E-state index is 0.00518. The fraction of sp³-hybridized carbons (Fsp3) is 0.794. The van der Waals surface area contributed by atoms with Crippen molar-refractivity contribution in [2.24, 2.45) is 0 Å². The molecule has 0 bridgehead atoms. The number of aliphatic hydroxyl groups is 1. The van der Waals surface area contributed by atoms with E-state index in [2.05, 4.69) is 21.3 Å². The lowest BCUT2D eigenvalue weighted by molar-refractivity contribution is -0.143. The highest BCUT2D eigenvalue weighted by molar-refractivity contribution is 7.85. The van der Waals surface area contributed by atoms with E-state index in [-0.39, 0.29) is 25.8 Å². The number of carboxylic acid groups (broad SMARTS) is 3. The molecule has 0 heterocycles. The van der Waals surface area contributed by atoms with Gasteiger partial charge in [-0.3, -0.25) is 28.5 Å². The van der Waals surface area contributed by atoms with Gasteiger partial charge in [0.15, 0.2) is 0 Å². The Labute approximate surface area is 311 Å². The summed E-state index contributed by atoms with van der Waals surface area (Å²) in [5, 5.41) is 45.3. The highest BCUT2D eigenvalue weighted by atomic mass is 32.2. The number of amides is 4. The predicted octanol–water partition coefficient (Wildman–Crippen LogP) is 1.88. The molecule has 4 amide bonds. The molecular weight excluding hydrogens is 720 g/mol. The number of carbonyl (C=O) groups excluding carboxylic acids is 4. The van der Waals surface area contributed by atoms with Crippen LogP contribution >= 0.6 is 0 Å². The highest BCUT2D eigenvalue weighted by Crippen LogP contribution is 2.14. The smallest absolute Gasteiger partial charge is 0.326 e. The van der Waals surface area contributed by atoms with Crippen LogP contribution in [0, 0.1) is 0 Å². The largest absolute Gasteiger partial charge is 0.481 e. The number of hydrogen-bond donors (Lipinski definition) is 9. The summed E-state index contributed by atoms with van der Waals surface area (Å²) in [6, 6.07) is -4.84. The first-order valence-electron chi connectivity index (χ1n) is 18.4. The van der Waals surface area contributed by atoms with Crippen LogP contribution in [0.2, 0.25) is 0 Å². The van der Waals surface area contributed by atoms with Crippen LogP contribution in [-0.2, 0) is 43.7 Å². The third-order valence-electron chi connectivity index (χ3n) is 8.37. The van der Waals surface area contributed by atoms with Crippen LogP contribution in [0.4, 0.5) is 0 Å². The molecule has 0 aliphatic rings. The first-order valence-corrected chi connectivity index (χ1v) is 20.1. The van der Waals surface area contributed by atoms with Crippen LogP contribution in [0.15, 0.2) is 0 Å². The van der Waals surface area contributed by atoms with Crippen molar-refractivity contribution in [3.05, 3.63) is 0 Å². The summed E-state index contributed by atoms with van der Waals surface area (Å²) >= 11 is 0. The lowest BCUT2D eigenvalue weighted by atomic mass is 10.0. The number of nitrogens with one attached hydrogen (secondary N) is 4. The van der Waals surface area contributed by atoms with E-state index in [0.717, 1.165) is 83.5 Å². The molecule has 53 heavy (non-hydrogen) atoms. The van der Waals surface area contributed by atoms with Gasteiger partial charge in [-0.15, -0.1) is 0 Å². The summed E-state index contributed by atoms with van der Waals surface area (Å²) in [5.41, 5.74) is 0. The summed E-state index contributed by atoms with van der Waals surface area (Å²) in [6.07, 6.45) is 13.5. The first kappa shape index (κ1) is 49.2. The summed E-state index contributed by atoms with van der Waals surface area (Å²) in [7, 11) is -4.78. The van der Waals surface area contributed by atoms with Crippen molar-refractivity contribution in [1.82, 2.24) is 21.3 Å². The van der Waals surface area contributed by atoms with Gasteiger partial charge in [-0.25, -0.2) is 9.59 Å². The van der Waals surface area contributed by atoms with Crippen LogP contribution in [0.25, 0.3) is 0 Å². The Morgan fingerprint density at radius 3 is 1.38 bits per heavy atom. The summed E-state index contributed by atoms with van der Waals surface area (Å²) in [4.78, 5) is 82.7. The second-order valence-electron chi connectivity index (χ2n) is 13.1. The average Bonchev–Trinajstić information content (AvgIpc) is 3.07. The summed E-state index contributed by atoms with van der Waals surface area (Å²) < 4.78 is 32.5. The molecule has 3 unspecified atom stereocenters. The number of aliphatic hydroxyl groups excluding tert-OH is 1. The molecule has 0 aromatic carbocycles. The monoisotopic (exact) mass is 780 g/mol. The molecule has 0 saturated carbocycles. The third-order valence-corrected chi connectivity index (χ3v) is 9.12. The minimum atomic E-state index is -4.78. The second kappa shape index (κ2) is 29.6. The van der Waals surface area contributed by atoms with E-state index in [1.54, 1.807) is 0 Å². The van der Waals surface area contributed by atoms with Gasteiger partial charge in [-0.05, 0) is 38.5 Å². The minimum Gasteiger partial charge on any atom is -0.481 e. The van der Waals surface area contributed by atoms with E-state index >= 15 is 0 Å². The molecule has 19 heteroatoms. The lowest BCUT2D eigenvalue weighted by Gasteiger charge is -2.21. The van der Waals surface area contributed by atoms with Crippen molar-refractivity contribution in [1.29, 1.82) is 0 Å². The zero-order valence-electron chi connectivity index (χ0n) is 30.5. The van der Waals surface area contributed by atoms with E-state index < -0.39 is 95.0 Å². The van der Waals surface area contributed by atoms with Crippen LogP contribution in [0.1, 0.15) is 135 Å². The molecule has 9 N–H and O–H groups in total. The van der Waals surface area contributed by atoms with Crippen LogP contribution in [0.3, 0.4) is 0 Å². The number of rotatable bonds is 34. The number of carboxylic acids is 3. The fourth-order valence-corrected chi connectivity index (χ4v) is 6.09. The van der Waals surface area contributed by atoms with Gasteiger partial charge in [-0.1, -0.05) is 77.0 Å². The van der Waals surface area contributed by atoms with E-state index in [1.807, 2.05) is 0 Å². The van der Waals surface area contributed by atoms with Gasteiger partial charge >= 0.3 is 17.9 Å². The Hall–Kier alpha value is -3.84. The molecule has 3 atom stereocenters. The molecule has 18 nitrogen and oxygen atoms in total. The van der Waals surface area contributed by atoms with Gasteiger partial charge in [0, 0.05) is 25.8 Å². The number of carbonyl (C=O) groups is 7. The van der Waals surface area contributed by atoms with E-state index in [9.17, 15) is 56.7 Å². The van der Waals surface area contributed by atoms with E-state index in [0.29, 0.717) is 19.3 Å². The normalized spacial score (nSPS) is 12.9. The van der Waals surface area contributed by atoms with Crippen molar-refractivity contribution in [2.45, 2.75) is 153 Å². The number of unbranched alkanes of at least 4 members (excludes halogenated alkanes) is 14. The summed E-state index contributed by atoms with van der Waals surface area (Å²) in [5.74, 6) is -8.19. The maximum absolute atomic E-state index is 12.8. The standard InChI is InChI=1S/C34H60N4O14S/c39-23-30(42)35-22-16-15-17-25(33(46)47)36-29(41)21-20-26(34(48)49)38-32(45)27(24-53(50,51)52)37-28(40)18-13-11-9-7-5-3-1-2-4-6-8-10-12-14-19-31(43)44/h25-27,39H,1-24H2,(H,35,42)(H,36,41)(H,37,40)(H,38,45)(H,43,44)(H,46,47)(H,48,49)(H,50,51,52). The molecule has 0 aliphatic carbocycles. The topological polar surface area (TPSA) is 303 Å². The van der Waals surface area contributed by atoms with Gasteiger partial charge in [0.1, 0.15) is 30.5 Å². The molecule has 0 rings (SSSR count). The maximum Gasteiger partial charge on any atom is 0.326 e. The predicted molar refractivity (Wildman–Crippen MR) is 192 cm³/mol. The molecule has 0 aromatic rings. The van der Waals surface area contributed by atoms with Crippen LogP contribution in [-0.4, -0.2) is 112 Å². The Bertz CT molecular complexity index is 1250. The second-order valence-corrected chi connectivity index (χ2v) is 14.6. The van der Waals surface area contributed by atoms with Crippen molar-refractivity contribution in [3.8, 4) is 0 Å². The van der Waals surface area contributed by atoms with Crippen LogP contribution < -0.4 is 21.3 Å². The zero-order chi connectivity index (χ0) is 40.1. The number of aliphatic carboxylic acids is 3. The zero-order valence-corrected chi connectivity index (χ0v) is 31.3. The van der Waals surface area contributed by atoms with E-state index in [4.69, 9.17) is 10.2 Å². The third kappa shape index (κ3) is 29.3. The molecule has 306 valence electrons. The SMILES string of the molecule is O=C(O)CCCCCCCCCCCCCCCCC(=O)NC(CS(=O)(=O)O)C(=O)NC(CCC(=O)NC(CCCCNC(=O)CO)C(=O)O)C(=O)O. The molecule has 0 aromatic heterocycles. The van der Waals surface area contributed by atoms with Gasteiger partial charge in [0.2, 0.25) is 23.6 Å². The van der Waals surface area contributed by atoms with Crippen molar-refractivity contribution < 1.29 is 67.0 Å². The molecule has 0 saturated heterocycles. The van der Waals surface area contributed by atoms with Gasteiger partial charge in [-0.2, -0.15) is 8.42 Å². The molecule has 0 spiro atoms. The Morgan fingerprint density at radius 1 is 0.491 bits per heavy atom. The van der Waals surface area contributed by atoms with E-state index in [1.165, 1.54) is 0 Å². The maximum atomic E-state index is 12.8. The molecule has 0 radical (unpaired) electrons. The first-order chi connectivity index (χ1) is 25.0. The summed E-state index contributed by atoms with van der Waals surface area (Å²) in [6.45, 7) is -0.503. The quantitative estimate of drug-likeness (QED) is 0.0333. The van der Waals surface area contributed by atoms with Crippen molar-refractivity contribution in [3.63, 3.8) is 0 Å². The van der Waals surface area contributed by atoms with Gasteiger partial charge in [0.25, 0.3) is 10.1 Å². The van der Waals surface area contributed by atoms with Crippen molar-refractivity contribution in [2.75, 3.05) is 18.9 Å². The highest BCUT2D eigenvalue weighted by Gasteiger charge is 2.30. The number of hydrogen-bond acceptors (Lipinski definition) is 10. The molecule has 0 aliphatic heterocycles. The average molecular weight is 781 g/mol.